The molecule has 1 N–H and O–H groups in total. The molecule has 0 radical (unpaired) electrons. The average molecular weight is 400 g/mol. The Morgan fingerprint density at radius 1 is 1.03 bits per heavy atom. The third kappa shape index (κ3) is 3.99. The van der Waals surface area contributed by atoms with Crippen LogP contribution in [-0.4, -0.2) is 16.9 Å². The summed E-state index contributed by atoms with van der Waals surface area (Å²) < 4.78 is 6.18. The zero-order chi connectivity index (χ0) is 21.3. The van der Waals surface area contributed by atoms with Crippen LogP contribution in [0.5, 0.6) is 5.75 Å². The average Bonchev–Trinajstić information content (AvgIpc) is 2.72. The van der Waals surface area contributed by atoms with E-state index in [0.29, 0.717) is 17.7 Å². The van der Waals surface area contributed by atoms with Crippen molar-refractivity contribution in [3.63, 3.8) is 0 Å². The van der Waals surface area contributed by atoms with Crippen LogP contribution in [0.4, 0.5) is 0 Å². The lowest BCUT2D eigenvalue weighted by Gasteiger charge is -2.26. The number of hydrogen-bond acceptors (Lipinski definition) is 3. The van der Waals surface area contributed by atoms with Gasteiger partial charge in [0.1, 0.15) is 11.9 Å². The fourth-order valence-corrected chi connectivity index (χ4v) is 4.13. The smallest absolute Gasteiger partial charge is 0.303 e. The molecule has 0 bridgehead atoms. The van der Waals surface area contributed by atoms with E-state index < -0.39 is 5.97 Å². The van der Waals surface area contributed by atoms with Gasteiger partial charge in [0.25, 0.3) is 0 Å². The summed E-state index contributed by atoms with van der Waals surface area (Å²) in [6.07, 6.45) is 0.378. The van der Waals surface area contributed by atoms with Crippen LogP contribution in [0.1, 0.15) is 51.6 Å². The third-order valence-electron chi connectivity index (χ3n) is 5.64. The summed E-state index contributed by atoms with van der Waals surface area (Å²) in [6, 6.07) is 19.9. The molecular formula is C26H24O4. The van der Waals surface area contributed by atoms with Gasteiger partial charge in [-0.2, -0.15) is 0 Å². The molecule has 4 rings (SSSR count). The quantitative estimate of drug-likeness (QED) is 0.597. The summed E-state index contributed by atoms with van der Waals surface area (Å²) in [7, 11) is 0. The fourth-order valence-electron chi connectivity index (χ4n) is 4.13. The second kappa shape index (κ2) is 8.15. The summed E-state index contributed by atoms with van der Waals surface area (Å²) >= 11 is 0. The second-order valence-electron chi connectivity index (χ2n) is 7.85. The van der Waals surface area contributed by atoms with Gasteiger partial charge in [-0.3, -0.25) is 9.59 Å². The van der Waals surface area contributed by atoms with E-state index in [1.807, 2.05) is 18.2 Å². The van der Waals surface area contributed by atoms with Gasteiger partial charge < -0.3 is 9.84 Å². The van der Waals surface area contributed by atoms with Crippen LogP contribution >= 0.6 is 0 Å². The molecule has 1 unspecified atom stereocenters. The number of carbonyl (C=O) groups excluding carboxylic acids is 1. The van der Waals surface area contributed by atoms with Crippen LogP contribution < -0.4 is 4.74 Å². The van der Waals surface area contributed by atoms with Crippen LogP contribution in [-0.2, 0) is 11.2 Å². The Balaban J connectivity index is 1.62. The van der Waals surface area contributed by atoms with Gasteiger partial charge in [0.05, 0.1) is 12.0 Å². The normalized spacial score (nSPS) is 15.4. The Hall–Kier alpha value is -3.40. The van der Waals surface area contributed by atoms with E-state index >= 15 is 0 Å². The standard InChI is InChI=1S/C26H24O4/c1-16-5-3-6-17(2)26(16)20-8-4-7-19(14-20)24-15-22(27)21-13-18(10-12-25(28)29)9-11-23(21)30-24/h3-9,11,13-14,24H,10,12,15H2,1-2H3,(H,28,29). The molecule has 1 heterocycles. The van der Waals surface area contributed by atoms with Crippen molar-refractivity contribution in [3.05, 3.63) is 88.5 Å². The summed E-state index contributed by atoms with van der Waals surface area (Å²) in [5.74, 6) is -0.261. The van der Waals surface area contributed by atoms with Crippen molar-refractivity contribution in [3.8, 4) is 16.9 Å². The topological polar surface area (TPSA) is 63.6 Å². The molecular weight excluding hydrogens is 376 g/mol. The molecule has 30 heavy (non-hydrogen) atoms. The van der Waals surface area contributed by atoms with Crippen LogP contribution in [0.2, 0.25) is 0 Å². The maximum atomic E-state index is 12.8. The van der Waals surface area contributed by atoms with Crippen molar-refractivity contribution >= 4 is 11.8 Å². The Bertz CT molecular complexity index is 1110. The highest BCUT2D eigenvalue weighted by molar-refractivity contribution is 6.00. The van der Waals surface area contributed by atoms with E-state index in [-0.39, 0.29) is 24.7 Å². The van der Waals surface area contributed by atoms with Crippen LogP contribution in [0, 0.1) is 13.8 Å². The van der Waals surface area contributed by atoms with Crippen molar-refractivity contribution in [1.29, 1.82) is 0 Å². The second-order valence-corrected chi connectivity index (χ2v) is 7.85. The highest BCUT2D eigenvalue weighted by Crippen LogP contribution is 2.37. The number of hydrogen-bond donors (Lipinski definition) is 1. The SMILES string of the molecule is Cc1cccc(C)c1-c1cccc(C2CC(=O)c3cc(CCC(=O)O)ccc3O2)c1. The monoisotopic (exact) mass is 400 g/mol. The van der Waals surface area contributed by atoms with Crippen LogP contribution in [0.3, 0.4) is 0 Å². The number of ketones is 1. The number of carbonyl (C=O) groups is 2. The largest absolute Gasteiger partial charge is 0.484 e. The third-order valence-corrected chi connectivity index (χ3v) is 5.64. The molecule has 4 heteroatoms. The first kappa shape index (κ1) is 19.9. The highest BCUT2D eigenvalue weighted by Gasteiger charge is 2.28. The Morgan fingerprint density at radius 3 is 2.50 bits per heavy atom. The van der Waals surface area contributed by atoms with Gasteiger partial charge in [0.2, 0.25) is 0 Å². The lowest BCUT2D eigenvalue weighted by atomic mass is 9.91. The molecule has 0 spiro atoms. The van der Waals surface area contributed by atoms with Gasteiger partial charge in [0.15, 0.2) is 5.78 Å². The van der Waals surface area contributed by atoms with E-state index in [2.05, 4.69) is 44.2 Å². The maximum Gasteiger partial charge on any atom is 0.303 e. The molecule has 1 aliphatic rings. The minimum atomic E-state index is -0.848. The molecule has 1 aliphatic heterocycles. The van der Waals surface area contributed by atoms with Crippen LogP contribution in [0.15, 0.2) is 60.7 Å². The van der Waals surface area contributed by atoms with Gasteiger partial charge in [0, 0.05) is 6.42 Å². The Morgan fingerprint density at radius 2 is 1.77 bits per heavy atom. The van der Waals surface area contributed by atoms with E-state index in [4.69, 9.17) is 9.84 Å². The Kier molecular flexibility index (Phi) is 5.40. The van der Waals surface area contributed by atoms with Gasteiger partial charge in [-0.15, -0.1) is 0 Å². The van der Waals surface area contributed by atoms with Gasteiger partial charge >= 0.3 is 5.97 Å². The van der Waals surface area contributed by atoms with Crippen LogP contribution in [0.25, 0.3) is 11.1 Å². The summed E-state index contributed by atoms with van der Waals surface area (Å²) in [5, 5.41) is 8.87. The molecule has 0 amide bonds. The molecule has 0 aromatic heterocycles. The van der Waals surface area contributed by atoms with Crippen molar-refractivity contribution in [2.75, 3.05) is 0 Å². The first-order valence-electron chi connectivity index (χ1n) is 10.1. The summed E-state index contributed by atoms with van der Waals surface area (Å²) in [4.78, 5) is 23.6. The van der Waals surface area contributed by atoms with Gasteiger partial charge in [-0.05, 0) is 71.8 Å². The number of carboxylic acids is 1. The van der Waals surface area contributed by atoms with Gasteiger partial charge in [-0.1, -0.05) is 42.5 Å². The molecule has 0 saturated heterocycles. The lowest BCUT2D eigenvalue weighted by Crippen LogP contribution is -2.20. The first-order valence-corrected chi connectivity index (χ1v) is 10.1. The zero-order valence-electron chi connectivity index (χ0n) is 17.1. The predicted octanol–water partition coefficient (Wildman–Crippen LogP) is 5.69. The number of rotatable bonds is 5. The van der Waals surface area contributed by atoms with Crippen molar-refractivity contribution in [2.24, 2.45) is 0 Å². The summed E-state index contributed by atoms with van der Waals surface area (Å²) in [6.45, 7) is 4.21. The predicted molar refractivity (Wildman–Crippen MR) is 116 cm³/mol. The maximum absolute atomic E-state index is 12.8. The molecule has 0 fully saturated rings. The molecule has 0 aliphatic carbocycles. The van der Waals surface area contributed by atoms with E-state index in [9.17, 15) is 9.59 Å². The number of fused-ring (bicyclic) bond motifs is 1. The van der Waals surface area contributed by atoms with Crippen molar-refractivity contribution in [2.45, 2.75) is 39.2 Å². The van der Waals surface area contributed by atoms with E-state index in [1.54, 1.807) is 12.1 Å². The number of carboxylic acid groups (broad SMARTS) is 1. The van der Waals surface area contributed by atoms with Crippen molar-refractivity contribution < 1.29 is 19.4 Å². The number of benzene rings is 3. The Labute approximate surface area is 176 Å². The van der Waals surface area contributed by atoms with E-state index in [1.165, 1.54) is 16.7 Å². The minimum absolute atomic E-state index is 0.0240. The van der Waals surface area contributed by atoms with E-state index in [0.717, 1.165) is 16.7 Å². The number of ether oxygens (including phenoxy) is 1. The molecule has 3 aromatic carbocycles. The molecule has 152 valence electrons. The van der Waals surface area contributed by atoms with Crippen molar-refractivity contribution in [1.82, 2.24) is 0 Å². The molecule has 3 aromatic rings. The zero-order valence-corrected chi connectivity index (χ0v) is 17.1. The molecule has 1 atom stereocenters. The number of aliphatic carboxylic acids is 1. The fraction of sp³-hybridized carbons (Fsp3) is 0.231. The molecule has 0 saturated carbocycles. The highest BCUT2D eigenvalue weighted by atomic mass is 16.5. The number of aryl methyl sites for hydroxylation is 3. The van der Waals surface area contributed by atoms with Gasteiger partial charge in [-0.25, -0.2) is 0 Å². The number of Topliss-reactive ketones (excluding diaryl/α,β-unsaturated/α-hetero) is 1. The first-order chi connectivity index (χ1) is 14.4. The minimum Gasteiger partial charge on any atom is -0.484 e. The molecule has 4 nitrogen and oxygen atoms in total. The summed E-state index contributed by atoms with van der Waals surface area (Å²) in [5.41, 5.74) is 7.12. The lowest BCUT2D eigenvalue weighted by molar-refractivity contribution is -0.136.